The molecule has 0 amide bonds. The molecule has 0 bridgehead atoms. The number of anilines is 1. The van der Waals surface area contributed by atoms with Crippen LogP contribution in [0.3, 0.4) is 0 Å². The largest absolute Gasteiger partial charge is 0.305 e. The van der Waals surface area contributed by atoms with Crippen molar-refractivity contribution in [1.29, 1.82) is 0 Å². The summed E-state index contributed by atoms with van der Waals surface area (Å²) in [7, 11) is 0. The summed E-state index contributed by atoms with van der Waals surface area (Å²) < 4.78 is 0. The molecule has 76 valence electrons. The van der Waals surface area contributed by atoms with E-state index in [0.29, 0.717) is 0 Å². The van der Waals surface area contributed by atoms with E-state index >= 15 is 0 Å². The zero-order valence-corrected chi connectivity index (χ0v) is 8.75. The van der Waals surface area contributed by atoms with Crippen LogP contribution in [0.4, 0.5) is 5.69 Å². The summed E-state index contributed by atoms with van der Waals surface area (Å²) in [5, 5.41) is 5.60. The van der Waals surface area contributed by atoms with Crippen molar-refractivity contribution in [3.05, 3.63) is 30.3 Å². The van der Waals surface area contributed by atoms with Crippen molar-refractivity contribution in [3.8, 4) is 0 Å². The molecule has 0 aliphatic carbocycles. The summed E-state index contributed by atoms with van der Waals surface area (Å²) in [5.74, 6) is 0. The molecule has 0 spiro atoms. The lowest BCUT2D eigenvalue weighted by molar-refractivity contribution is 0.308. The maximum atomic E-state index is 3.41. The van der Waals surface area contributed by atoms with Crippen LogP contribution in [0.1, 0.15) is 13.8 Å². The van der Waals surface area contributed by atoms with E-state index in [1.165, 1.54) is 5.69 Å². The average molecular weight is 191 g/mol. The monoisotopic (exact) mass is 191 g/mol. The summed E-state index contributed by atoms with van der Waals surface area (Å²) in [6.45, 7) is 6.21. The molecule has 0 aromatic heterocycles. The zero-order valence-electron chi connectivity index (χ0n) is 8.75. The van der Waals surface area contributed by atoms with Crippen LogP contribution in [0.5, 0.6) is 0 Å². The molecule has 0 saturated carbocycles. The lowest BCUT2D eigenvalue weighted by Gasteiger charge is -2.40. The Morgan fingerprint density at radius 3 is 2.57 bits per heavy atom. The molecule has 2 N–H and O–H groups in total. The minimum atomic E-state index is 0.168. The first-order valence-electron chi connectivity index (χ1n) is 4.98. The fraction of sp³-hybridized carbons (Fsp3) is 0.455. The van der Waals surface area contributed by atoms with Crippen molar-refractivity contribution in [2.75, 3.05) is 18.2 Å². The number of para-hydroxylation sites is 1. The quantitative estimate of drug-likeness (QED) is 0.701. The molecule has 0 atom stereocenters. The van der Waals surface area contributed by atoms with Crippen LogP contribution in [0, 0.1) is 0 Å². The highest BCUT2D eigenvalue weighted by Gasteiger charge is 2.25. The SMILES string of the molecule is CC1(C)CN(c2ccccc2)NCN1. The van der Waals surface area contributed by atoms with Crippen molar-refractivity contribution in [1.82, 2.24) is 10.7 Å². The summed E-state index contributed by atoms with van der Waals surface area (Å²) in [6.07, 6.45) is 0. The summed E-state index contributed by atoms with van der Waals surface area (Å²) >= 11 is 0. The average Bonchev–Trinajstić information content (AvgIpc) is 2.18. The topological polar surface area (TPSA) is 27.3 Å². The predicted molar refractivity (Wildman–Crippen MR) is 59.0 cm³/mol. The highest BCUT2D eigenvalue weighted by Crippen LogP contribution is 2.16. The molecule has 1 aromatic carbocycles. The van der Waals surface area contributed by atoms with E-state index in [2.05, 4.69) is 53.9 Å². The molecular formula is C11H17N3. The molecule has 1 saturated heterocycles. The first kappa shape index (κ1) is 9.49. The van der Waals surface area contributed by atoms with Gasteiger partial charge in [-0.2, -0.15) is 0 Å². The van der Waals surface area contributed by atoms with Crippen LogP contribution in [0.15, 0.2) is 30.3 Å². The second-order valence-electron chi connectivity index (χ2n) is 4.32. The molecule has 1 heterocycles. The molecule has 1 aromatic rings. The smallest absolute Gasteiger partial charge is 0.0645 e. The Morgan fingerprint density at radius 1 is 1.21 bits per heavy atom. The van der Waals surface area contributed by atoms with Gasteiger partial charge in [-0.15, -0.1) is 0 Å². The molecule has 0 radical (unpaired) electrons. The highest BCUT2D eigenvalue weighted by atomic mass is 15.6. The molecule has 0 unspecified atom stereocenters. The van der Waals surface area contributed by atoms with E-state index in [1.54, 1.807) is 0 Å². The molecule has 14 heavy (non-hydrogen) atoms. The highest BCUT2D eigenvalue weighted by molar-refractivity contribution is 5.45. The maximum Gasteiger partial charge on any atom is 0.0645 e. The normalized spacial score (nSPS) is 20.9. The van der Waals surface area contributed by atoms with Gasteiger partial charge in [0.15, 0.2) is 0 Å². The van der Waals surface area contributed by atoms with Gasteiger partial charge in [-0.1, -0.05) is 18.2 Å². The predicted octanol–water partition coefficient (Wildman–Crippen LogP) is 1.34. The molecule has 1 fully saturated rings. The van der Waals surface area contributed by atoms with Gasteiger partial charge in [0.05, 0.1) is 18.9 Å². The van der Waals surface area contributed by atoms with Gasteiger partial charge in [0.2, 0.25) is 0 Å². The van der Waals surface area contributed by atoms with Gasteiger partial charge >= 0.3 is 0 Å². The third kappa shape index (κ3) is 2.05. The Bertz CT molecular complexity index is 295. The van der Waals surface area contributed by atoms with Gasteiger partial charge in [0.1, 0.15) is 0 Å². The Hall–Kier alpha value is -1.06. The van der Waals surface area contributed by atoms with E-state index in [-0.39, 0.29) is 5.54 Å². The van der Waals surface area contributed by atoms with Crippen molar-refractivity contribution < 1.29 is 0 Å². The fourth-order valence-corrected chi connectivity index (χ4v) is 1.67. The number of benzene rings is 1. The van der Waals surface area contributed by atoms with Crippen molar-refractivity contribution in [2.45, 2.75) is 19.4 Å². The van der Waals surface area contributed by atoms with Crippen LogP contribution in [-0.2, 0) is 0 Å². The number of hydrogen-bond donors (Lipinski definition) is 2. The van der Waals surface area contributed by atoms with E-state index in [4.69, 9.17) is 0 Å². The zero-order chi connectivity index (χ0) is 10.0. The minimum absolute atomic E-state index is 0.168. The van der Waals surface area contributed by atoms with E-state index in [0.717, 1.165) is 13.2 Å². The fourth-order valence-electron chi connectivity index (χ4n) is 1.67. The number of nitrogens with zero attached hydrogens (tertiary/aromatic N) is 1. The summed E-state index contributed by atoms with van der Waals surface area (Å²) in [6, 6.07) is 10.4. The molecule has 3 heteroatoms. The first-order valence-corrected chi connectivity index (χ1v) is 4.98. The number of rotatable bonds is 1. The number of nitrogens with one attached hydrogen (secondary N) is 2. The van der Waals surface area contributed by atoms with Crippen molar-refractivity contribution >= 4 is 5.69 Å². The van der Waals surface area contributed by atoms with Crippen molar-refractivity contribution in [3.63, 3.8) is 0 Å². The number of hydrazine groups is 1. The van der Waals surface area contributed by atoms with Gasteiger partial charge < -0.3 is 5.01 Å². The van der Waals surface area contributed by atoms with Crippen LogP contribution < -0.4 is 15.8 Å². The Kier molecular flexibility index (Phi) is 2.44. The Balaban J connectivity index is 2.12. The standard InChI is InChI=1S/C11H17N3/c1-11(2)8-14(13-9-12-11)10-6-4-3-5-7-10/h3-7,12-13H,8-9H2,1-2H3. The molecule has 1 aliphatic heterocycles. The molecule has 2 rings (SSSR count). The second-order valence-corrected chi connectivity index (χ2v) is 4.32. The van der Waals surface area contributed by atoms with Crippen LogP contribution in [0.2, 0.25) is 0 Å². The van der Waals surface area contributed by atoms with Crippen LogP contribution in [-0.4, -0.2) is 18.8 Å². The van der Waals surface area contributed by atoms with Gasteiger partial charge in [0, 0.05) is 5.54 Å². The molecule has 3 nitrogen and oxygen atoms in total. The summed E-state index contributed by atoms with van der Waals surface area (Å²) in [4.78, 5) is 0. The third-order valence-electron chi connectivity index (χ3n) is 2.46. The minimum Gasteiger partial charge on any atom is -0.305 e. The molecule has 1 aliphatic rings. The Labute approximate surface area is 85.1 Å². The van der Waals surface area contributed by atoms with Gasteiger partial charge in [-0.05, 0) is 26.0 Å². The lowest BCUT2D eigenvalue weighted by atomic mass is 10.0. The van der Waals surface area contributed by atoms with E-state index < -0.39 is 0 Å². The second kappa shape index (κ2) is 3.59. The van der Waals surface area contributed by atoms with Gasteiger partial charge in [-0.3, -0.25) is 5.32 Å². The van der Waals surface area contributed by atoms with E-state index in [9.17, 15) is 0 Å². The number of hydrogen-bond acceptors (Lipinski definition) is 3. The summed E-state index contributed by atoms with van der Waals surface area (Å²) in [5.41, 5.74) is 4.71. The van der Waals surface area contributed by atoms with Crippen molar-refractivity contribution in [2.24, 2.45) is 0 Å². The first-order chi connectivity index (χ1) is 6.67. The van der Waals surface area contributed by atoms with Crippen LogP contribution in [0.25, 0.3) is 0 Å². The van der Waals surface area contributed by atoms with Gasteiger partial charge in [0.25, 0.3) is 0 Å². The molecular weight excluding hydrogens is 174 g/mol. The maximum absolute atomic E-state index is 3.41. The third-order valence-corrected chi connectivity index (χ3v) is 2.46. The van der Waals surface area contributed by atoms with Crippen LogP contribution >= 0.6 is 0 Å². The Morgan fingerprint density at radius 2 is 1.93 bits per heavy atom. The van der Waals surface area contributed by atoms with E-state index in [1.807, 2.05) is 6.07 Å². The lowest BCUT2D eigenvalue weighted by Crippen LogP contribution is -2.62. The van der Waals surface area contributed by atoms with Gasteiger partial charge in [-0.25, -0.2) is 5.43 Å².